The predicted molar refractivity (Wildman–Crippen MR) is 124 cm³/mol. The number of hydrogen-bond donors (Lipinski definition) is 2. The van der Waals surface area contributed by atoms with Crippen molar-refractivity contribution in [3.63, 3.8) is 0 Å². The molecule has 0 fully saturated rings. The highest BCUT2D eigenvalue weighted by atomic mass is 35.5. The number of aromatic nitrogens is 3. The Balaban J connectivity index is 1.57. The topological polar surface area (TPSA) is 88.9 Å². The monoisotopic (exact) mass is 457 g/mol. The van der Waals surface area contributed by atoms with E-state index >= 15 is 0 Å². The Hall–Kier alpha value is -2.84. The number of carbonyl (C=O) groups is 2. The van der Waals surface area contributed by atoms with Gasteiger partial charge in [-0.15, -0.1) is 10.2 Å². The van der Waals surface area contributed by atoms with Gasteiger partial charge in [-0.1, -0.05) is 47.1 Å². The zero-order chi connectivity index (χ0) is 22.4. The number of nitrogens with one attached hydrogen (secondary N) is 2. The van der Waals surface area contributed by atoms with E-state index in [1.165, 1.54) is 11.8 Å². The Bertz CT molecular complexity index is 1100. The molecule has 162 valence electrons. The van der Waals surface area contributed by atoms with Gasteiger partial charge in [0.15, 0.2) is 11.0 Å². The summed E-state index contributed by atoms with van der Waals surface area (Å²) in [6.45, 7) is 6.69. The number of anilines is 1. The SMILES string of the molecule is CCn1c(CNC(=O)c2cccc(C)c2)nnc1SCC(=O)Nc1ccc(C)c(Cl)c1. The Morgan fingerprint density at radius 3 is 2.65 bits per heavy atom. The highest BCUT2D eigenvalue weighted by Crippen LogP contribution is 2.21. The fraction of sp³-hybridized carbons (Fsp3) is 0.273. The quantitative estimate of drug-likeness (QED) is 0.494. The van der Waals surface area contributed by atoms with E-state index in [1.54, 1.807) is 12.1 Å². The predicted octanol–water partition coefficient (Wildman–Crippen LogP) is 4.23. The number of hydrogen-bond acceptors (Lipinski definition) is 5. The van der Waals surface area contributed by atoms with Gasteiger partial charge < -0.3 is 15.2 Å². The molecule has 0 aliphatic rings. The maximum absolute atomic E-state index is 12.4. The minimum absolute atomic E-state index is 0.162. The molecule has 2 amide bonds. The van der Waals surface area contributed by atoms with E-state index in [-0.39, 0.29) is 24.1 Å². The molecule has 1 aromatic heterocycles. The van der Waals surface area contributed by atoms with Gasteiger partial charge in [0.2, 0.25) is 5.91 Å². The summed E-state index contributed by atoms with van der Waals surface area (Å²) in [6, 6.07) is 12.8. The number of benzene rings is 2. The van der Waals surface area contributed by atoms with Crippen molar-refractivity contribution >= 4 is 40.9 Å². The second kappa shape index (κ2) is 10.5. The van der Waals surface area contributed by atoms with Gasteiger partial charge in [-0.3, -0.25) is 9.59 Å². The number of thioether (sulfide) groups is 1. The summed E-state index contributed by atoms with van der Waals surface area (Å²) < 4.78 is 1.89. The van der Waals surface area contributed by atoms with Crippen LogP contribution in [0.25, 0.3) is 0 Å². The van der Waals surface area contributed by atoms with Crippen LogP contribution in [0.5, 0.6) is 0 Å². The van der Waals surface area contributed by atoms with Crippen LogP contribution in [0.15, 0.2) is 47.6 Å². The third-order valence-corrected chi connectivity index (χ3v) is 5.96. The van der Waals surface area contributed by atoms with Crippen molar-refractivity contribution in [2.45, 2.75) is 39.0 Å². The number of aryl methyl sites for hydroxylation is 2. The molecule has 0 aliphatic carbocycles. The van der Waals surface area contributed by atoms with E-state index in [1.807, 2.05) is 55.7 Å². The third kappa shape index (κ3) is 6.08. The zero-order valence-electron chi connectivity index (χ0n) is 17.6. The molecule has 9 heteroatoms. The summed E-state index contributed by atoms with van der Waals surface area (Å²) in [7, 11) is 0. The first kappa shape index (κ1) is 22.8. The van der Waals surface area contributed by atoms with Crippen molar-refractivity contribution in [2.75, 3.05) is 11.1 Å². The number of amides is 2. The second-order valence-electron chi connectivity index (χ2n) is 7.00. The summed E-state index contributed by atoms with van der Waals surface area (Å²) in [6.07, 6.45) is 0. The van der Waals surface area contributed by atoms with Crippen molar-refractivity contribution in [1.82, 2.24) is 20.1 Å². The van der Waals surface area contributed by atoms with Gasteiger partial charge in [-0.05, 0) is 50.6 Å². The molecule has 0 aliphatic heterocycles. The number of halogens is 1. The average Bonchev–Trinajstić information content (AvgIpc) is 3.15. The van der Waals surface area contributed by atoms with Gasteiger partial charge in [-0.2, -0.15) is 0 Å². The molecule has 3 aromatic rings. The van der Waals surface area contributed by atoms with Crippen LogP contribution in [0, 0.1) is 13.8 Å². The molecule has 0 bridgehead atoms. The van der Waals surface area contributed by atoms with E-state index < -0.39 is 0 Å². The van der Waals surface area contributed by atoms with Gasteiger partial charge in [0.05, 0.1) is 12.3 Å². The summed E-state index contributed by atoms with van der Waals surface area (Å²) in [5.41, 5.74) is 3.23. The number of nitrogens with zero attached hydrogens (tertiary/aromatic N) is 3. The van der Waals surface area contributed by atoms with Crippen molar-refractivity contribution in [3.8, 4) is 0 Å². The van der Waals surface area contributed by atoms with Gasteiger partial charge in [0.1, 0.15) is 0 Å². The summed E-state index contributed by atoms with van der Waals surface area (Å²) >= 11 is 7.39. The normalized spacial score (nSPS) is 10.7. The van der Waals surface area contributed by atoms with Gasteiger partial charge in [0, 0.05) is 22.8 Å². The third-order valence-electron chi connectivity index (χ3n) is 4.58. The zero-order valence-corrected chi connectivity index (χ0v) is 19.2. The van der Waals surface area contributed by atoms with Crippen molar-refractivity contribution in [1.29, 1.82) is 0 Å². The molecule has 0 saturated heterocycles. The van der Waals surface area contributed by atoms with Crippen LogP contribution in [0.4, 0.5) is 5.69 Å². The van der Waals surface area contributed by atoms with Gasteiger partial charge in [-0.25, -0.2) is 0 Å². The van der Waals surface area contributed by atoms with Crippen molar-refractivity contribution in [2.24, 2.45) is 0 Å². The summed E-state index contributed by atoms with van der Waals surface area (Å²) in [5.74, 6) is 0.487. The lowest BCUT2D eigenvalue weighted by molar-refractivity contribution is -0.113. The summed E-state index contributed by atoms with van der Waals surface area (Å²) in [5, 5.41) is 15.3. The molecule has 0 saturated carbocycles. The minimum atomic E-state index is -0.167. The molecule has 3 rings (SSSR count). The van der Waals surface area contributed by atoms with Crippen LogP contribution < -0.4 is 10.6 Å². The molecule has 7 nitrogen and oxygen atoms in total. The standard InChI is InChI=1S/C22H24ClN5O2S/c1-4-28-19(12-24-21(30)16-7-5-6-14(2)10-16)26-27-22(28)31-13-20(29)25-17-9-8-15(3)18(23)11-17/h5-11H,4,12-13H2,1-3H3,(H,24,30)(H,25,29). The molecular weight excluding hydrogens is 434 g/mol. The van der Waals surface area contributed by atoms with Crippen molar-refractivity contribution in [3.05, 3.63) is 70.0 Å². The lowest BCUT2D eigenvalue weighted by Crippen LogP contribution is -2.25. The van der Waals surface area contributed by atoms with E-state index in [4.69, 9.17) is 11.6 Å². The van der Waals surface area contributed by atoms with Gasteiger partial charge in [0.25, 0.3) is 5.91 Å². The number of rotatable bonds is 8. The van der Waals surface area contributed by atoms with Crippen LogP contribution in [0.2, 0.25) is 5.02 Å². The Morgan fingerprint density at radius 2 is 1.94 bits per heavy atom. The second-order valence-corrected chi connectivity index (χ2v) is 8.35. The molecule has 1 heterocycles. The van der Waals surface area contributed by atoms with Crippen LogP contribution in [-0.2, 0) is 17.9 Å². The van der Waals surface area contributed by atoms with Crippen LogP contribution in [0.1, 0.15) is 34.2 Å². The lowest BCUT2D eigenvalue weighted by atomic mass is 10.1. The maximum Gasteiger partial charge on any atom is 0.251 e. The average molecular weight is 458 g/mol. The fourth-order valence-electron chi connectivity index (χ4n) is 2.92. The minimum Gasteiger partial charge on any atom is -0.345 e. The fourth-order valence-corrected chi connectivity index (χ4v) is 3.92. The van der Waals surface area contributed by atoms with E-state index in [9.17, 15) is 9.59 Å². The molecule has 0 unspecified atom stereocenters. The first-order valence-electron chi connectivity index (χ1n) is 9.83. The Morgan fingerprint density at radius 1 is 1.13 bits per heavy atom. The van der Waals surface area contributed by atoms with E-state index in [0.717, 1.165) is 11.1 Å². The highest BCUT2D eigenvalue weighted by Gasteiger charge is 2.15. The maximum atomic E-state index is 12.4. The molecular formula is C22H24ClN5O2S. The largest absolute Gasteiger partial charge is 0.345 e. The van der Waals surface area contributed by atoms with Crippen LogP contribution >= 0.6 is 23.4 Å². The molecule has 0 spiro atoms. The van der Waals surface area contributed by atoms with Gasteiger partial charge >= 0.3 is 0 Å². The molecule has 0 atom stereocenters. The molecule has 2 aromatic carbocycles. The Kier molecular flexibility index (Phi) is 7.70. The van der Waals surface area contributed by atoms with Crippen molar-refractivity contribution < 1.29 is 9.59 Å². The highest BCUT2D eigenvalue weighted by molar-refractivity contribution is 7.99. The first-order valence-corrected chi connectivity index (χ1v) is 11.2. The van der Waals surface area contributed by atoms with Crippen LogP contribution in [-0.4, -0.2) is 32.3 Å². The molecule has 31 heavy (non-hydrogen) atoms. The number of carbonyl (C=O) groups excluding carboxylic acids is 2. The van der Waals surface area contributed by atoms with E-state index in [2.05, 4.69) is 20.8 Å². The van der Waals surface area contributed by atoms with E-state index in [0.29, 0.717) is 33.8 Å². The molecule has 0 radical (unpaired) electrons. The summed E-state index contributed by atoms with van der Waals surface area (Å²) in [4.78, 5) is 24.7. The molecule has 2 N–H and O–H groups in total. The van der Waals surface area contributed by atoms with Crippen LogP contribution in [0.3, 0.4) is 0 Å². The Labute approximate surface area is 190 Å². The lowest BCUT2D eigenvalue weighted by Gasteiger charge is -2.09. The first-order chi connectivity index (χ1) is 14.9. The smallest absolute Gasteiger partial charge is 0.251 e.